The molecule has 3 aromatic rings. The number of aromatic carboxylic acids is 1. The van der Waals surface area contributed by atoms with Gasteiger partial charge in [0.1, 0.15) is 11.6 Å². The number of rotatable bonds is 5. The van der Waals surface area contributed by atoms with Gasteiger partial charge in [0.15, 0.2) is 0 Å². The topological polar surface area (TPSA) is 110 Å². The van der Waals surface area contributed by atoms with Crippen LogP contribution in [0.1, 0.15) is 15.9 Å². The first-order valence-electron chi connectivity index (χ1n) is 7.25. The van der Waals surface area contributed by atoms with Crippen LogP contribution >= 0.6 is 0 Å². The Labute approximate surface area is 138 Å². The zero-order chi connectivity index (χ0) is 17.1. The quantitative estimate of drug-likeness (QED) is 0.661. The Morgan fingerprint density at radius 1 is 1.25 bits per heavy atom. The van der Waals surface area contributed by atoms with Crippen molar-refractivity contribution in [2.24, 2.45) is 0 Å². The molecule has 0 saturated carbocycles. The SMILES string of the molecule is COc1ccccc1CNc1nc(N)nc2ccc(C(=O)O)cc12. The number of fused-ring (bicyclic) bond motifs is 1. The maximum absolute atomic E-state index is 11.2. The number of methoxy groups -OCH3 is 1. The van der Waals surface area contributed by atoms with Gasteiger partial charge in [-0.15, -0.1) is 0 Å². The molecule has 0 atom stereocenters. The van der Waals surface area contributed by atoms with Gasteiger partial charge in [-0.2, -0.15) is 4.98 Å². The minimum absolute atomic E-state index is 0.119. The first kappa shape index (κ1) is 15.5. The molecular weight excluding hydrogens is 308 g/mol. The molecule has 1 aromatic heterocycles. The number of benzene rings is 2. The van der Waals surface area contributed by atoms with Crippen LogP contribution in [0.25, 0.3) is 10.9 Å². The van der Waals surface area contributed by atoms with Gasteiger partial charge in [0.05, 0.1) is 18.2 Å². The summed E-state index contributed by atoms with van der Waals surface area (Å²) in [6.45, 7) is 0.451. The Morgan fingerprint density at radius 2 is 2.04 bits per heavy atom. The van der Waals surface area contributed by atoms with Crippen LogP contribution in [0.15, 0.2) is 42.5 Å². The summed E-state index contributed by atoms with van der Waals surface area (Å²) >= 11 is 0. The van der Waals surface area contributed by atoms with Gasteiger partial charge in [0.2, 0.25) is 5.95 Å². The number of carboxylic acids is 1. The summed E-state index contributed by atoms with van der Waals surface area (Å²) in [5.41, 5.74) is 7.43. The molecule has 24 heavy (non-hydrogen) atoms. The molecule has 122 valence electrons. The number of nitrogens with one attached hydrogen (secondary N) is 1. The molecule has 7 nitrogen and oxygen atoms in total. The van der Waals surface area contributed by atoms with Crippen molar-refractivity contribution in [2.45, 2.75) is 6.54 Å². The fourth-order valence-electron chi connectivity index (χ4n) is 2.44. The maximum Gasteiger partial charge on any atom is 0.335 e. The van der Waals surface area contributed by atoms with Crippen molar-refractivity contribution in [2.75, 3.05) is 18.2 Å². The molecule has 0 aliphatic heterocycles. The van der Waals surface area contributed by atoms with Crippen LogP contribution in [0.4, 0.5) is 11.8 Å². The van der Waals surface area contributed by atoms with Gasteiger partial charge >= 0.3 is 5.97 Å². The zero-order valence-corrected chi connectivity index (χ0v) is 13.0. The largest absolute Gasteiger partial charge is 0.496 e. The highest BCUT2D eigenvalue weighted by atomic mass is 16.5. The molecule has 0 radical (unpaired) electrons. The summed E-state index contributed by atoms with van der Waals surface area (Å²) in [5.74, 6) is 0.339. The van der Waals surface area contributed by atoms with E-state index in [-0.39, 0.29) is 11.5 Å². The van der Waals surface area contributed by atoms with Crippen LogP contribution in [0.3, 0.4) is 0 Å². The number of nitrogens with zero attached hydrogens (tertiary/aromatic N) is 2. The van der Waals surface area contributed by atoms with Crippen molar-refractivity contribution in [1.29, 1.82) is 0 Å². The number of carboxylic acid groups (broad SMARTS) is 1. The van der Waals surface area contributed by atoms with E-state index in [2.05, 4.69) is 15.3 Å². The molecule has 0 amide bonds. The summed E-state index contributed by atoms with van der Waals surface area (Å²) in [7, 11) is 1.61. The Bertz CT molecular complexity index is 911. The van der Waals surface area contributed by atoms with E-state index in [1.54, 1.807) is 13.2 Å². The molecule has 0 bridgehead atoms. The summed E-state index contributed by atoms with van der Waals surface area (Å²) in [5, 5.41) is 12.9. The highest BCUT2D eigenvalue weighted by Gasteiger charge is 2.11. The van der Waals surface area contributed by atoms with Crippen LogP contribution in [0.5, 0.6) is 5.75 Å². The van der Waals surface area contributed by atoms with Crippen molar-refractivity contribution in [3.63, 3.8) is 0 Å². The van der Waals surface area contributed by atoms with E-state index in [4.69, 9.17) is 15.6 Å². The van der Waals surface area contributed by atoms with Crippen LogP contribution in [0.2, 0.25) is 0 Å². The number of para-hydroxylation sites is 1. The number of carbonyl (C=O) groups is 1. The molecular formula is C17H16N4O3. The van der Waals surface area contributed by atoms with E-state index in [0.717, 1.165) is 11.3 Å². The van der Waals surface area contributed by atoms with Crippen LogP contribution < -0.4 is 15.8 Å². The summed E-state index contributed by atoms with van der Waals surface area (Å²) in [4.78, 5) is 19.5. The number of ether oxygens (including phenoxy) is 1. The molecule has 3 rings (SSSR count). The van der Waals surface area contributed by atoms with Gasteiger partial charge in [-0.25, -0.2) is 9.78 Å². The average molecular weight is 324 g/mol. The molecule has 0 fully saturated rings. The number of anilines is 2. The average Bonchev–Trinajstić information content (AvgIpc) is 2.59. The van der Waals surface area contributed by atoms with E-state index in [9.17, 15) is 4.79 Å². The van der Waals surface area contributed by atoms with Crippen LogP contribution in [0, 0.1) is 0 Å². The fourth-order valence-corrected chi connectivity index (χ4v) is 2.44. The second kappa shape index (κ2) is 6.41. The lowest BCUT2D eigenvalue weighted by molar-refractivity contribution is 0.0697. The van der Waals surface area contributed by atoms with E-state index in [1.165, 1.54) is 12.1 Å². The highest BCUT2D eigenvalue weighted by Crippen LogP contribution is 2.25. The van der Waals surface area contributed by atoms with Crippen molar-refractivity contribution in [3.8, 4) is 5.75 Å². The van der Waals surface area contributed by atoms with Gasteiger partial charge in [0, 0.05) is 17.5 Å². The molecule has 0 unspecified atom stereocenters. The standard InChI is InChI=1S/C17H16N4O3/c1-24-14-5-3-2-4-11(14)9-19-15-12-8-10(16(22)23)6-7-13(12)20-17(18)21-15/h2-8H,9H2,1H3,(H,22,23)(H3,18,19,20,21). The molecule has 4 N–H and O–H groups in total. The second-order valence-corrected chi connectivity index (χ2v) is 5.13. The van der Waals surface area contributed by atoms with Crippen molar-refractivity contribution < 1.29 is 14.6 Å². The lowest BCUT2D eigenvalue weighted by atomic mass is 10.1. The first-order chi connectivity index (χ1) is 11.6. The molecule has 7 heteroatoms. The Hall–Kier alpha value is -3.35. The van der Waals surface area contributed by atoms with Gasteiger partial charge < -0.3 is 20.9 Å². The van der Waals surface area contributed by atoms with Gasteiger partial charge in [-0.3, -0.25) is 0 Å². The Kier molecular flexibility index (Phi) is 4.15. The summed E-state index contributed by atoms with van der Waals surface area (Å²) < 4.78 is 5.32. The first-order valence-corrected chi connectivity index (χ1v) is 7.25. The highest BCUT2D eigenvalue weighted by molar-refractivity contribution is 5.97. The predicted octanol–water partition coefficient (Wildman–Crippen LogP) is 2.53. The van der Waals surface area contributed by atoms with Gasteiger partial charge in [-0.05, 0) is 24.3 Å². The normalized spacial score (nSPS) is 10.5. The van der Waals surface area contributed by atoms with E-state index in [1.807, 2.05) is 24.3 Å². The zero-order valence-electron chi connectivity index (χ0n) is 13.0. The second-order valence-electron chi connectivity index (χ2n) is 5.13. The van der Waals surface area contributed by atoms with E-state index >= 15 is 0 Å². The Balaban J connectivity index is 1.98. The third-order valence-electron chi connectivity index (χ3n) is 3.60. The number of hydrogen-bond donors (Lipinski definition) is 3. The lowest BCUT2D eigenvalue weighted by Crippen LogP contribution is -2.07. The smallest absolute Gasteiger partial charge is 0.335 e. The molecule has 1 heterocycles. The Morgan fingerprint density at radius 3 is 2.79 bits per heavy atom. The summed E-state index contributed by atoms with van der Waals surface area (Å²) in [6, 6.07) is 12.2. The minimum atomic E-state index is -1.01. The maximum atomic E-state index is 11.2. The van der Waals surface area contributed by atoms with Crippen molar-refractivity contribution in [3.05, 3.63) is 53.6 Å². The van der Waals surface area contributed by atoms with Gasteiger partial charge in [-0.1, -0.05) is 18.2 Å². The number of aromatic nitrogens is 2. The molecule has 0 aliphatic carbocycles. The fraction of sp³-hybridized carbons (Fsp3) is 0.118. The monoisotopic (exact) mass is 324 g/mol. The van der Waals surface area contributed by atoms with Crippen LogP contribution in [-0.2, 0) is 6.54 Å². The third kappa shape index (κ3) is 3.05. The van der Waals surface area contributed by atoms with E-state index in [0.29, 0.717) is 23.3 Å². The molecule has 0 aliphatic rings. The third-order valence-corrected chi connectivity index (χ3v) is 3.60. The molecule has 0 spiro atoms. The number of nitrogens with two attached hydrogens (primary N) is 1. The predicted molar refractivity (Wildman–Crippen MR) is 91.2 cm³/mol. The van der Waals surface area contributed by atoms with Crippen molar-refractivity contribution >= 4 is 28.6 Å². The van der Waals surface area contributed by atoms with Crippen molar-refractivity contribution in [1.82, 2.24) is 9.97 Å². The summed E-state index contributed by atoms with van der Waals surface area (Å²) in [6.07, 6.45) is 0. The lowest BCUT2D eigenvalue weighted by Gasteiger charge is -2.12. The minimum Gasteiger partial charge on any atom is -0.496 e. The number of nitrogen functional groups attached to an aromatic ring is 1. The number of hydrogen-bond acceptors (Lipinski definition) is 6. The molecule has 2 aromatic carbocycles. The molecule has 0 saturated heterocycles. The van der Waals surface area contributed by atoms with Gasteiger partial charge in [0.25, 0.3) is 0 Å². The van der Waals surface area contributed by atoms with E-state index < -0.39 is 5.97 Å². The van der Waals surface area contributed by atoms with Crippen LogP contribution in [-0.4, -0.2) is 28.2 Å².